The van der Waals surface area contributed by atoms with Crippen molar-refractivity contribution in [1.29, 1.82) is 0 Å². The van der Waals surface area contributed by atoms with Crippen LogP contribution in [-0.2, 0) is 4.79 Å². The third-order valence-electron chi connectivity index (χ3n) is 3.30. The van der Waals surface area contributed by atoms with E-state index in [-0.39, 0.29) is 18.3 Å². The fourth-order valence-corrected chi connectivity index (χ4v) is 2.17. The van der Waals surface area contributed by atoms with Crippen LogP contribution in [0.15, 0.2) is 0 Å². The molecule has 1 atom stereocenters. The van der Waals surface area contributed by atoms with E-state index in [2.05, 4.69) is 5.10 Å². The summed E-state index contributed by atoms with van der Waals surface area (Å²) in [6.45, 7) is 9.45. The molecule has 0 saturated heterocycles. The Hall–Kier alpha value is -2.12. The summed E-state index contributed by atoms with van der Waals surface area (Å²) in [5, 5.41) is 24.6. The van der Waals surface area contributed by atoms with E-state index in [1.54, 1.807) is 23.4 Å². The highest BCUT2D eigenvalue weighted by molar-refractivity contribution is 5.71. The predicted octanol–water partition coefficient (Wildman–Crippen LogP) is 2.23. The molecule has 21 heavy (non-hydrogen) atoms. The van der Waals surface area contributed by atoms with Gasteiger partial charge in [-0.05, 0) is 27.7 Å². The van der Waals surface area contributed by atoms with E-state index in [1.165, 1.54) is 0 Å². The Balaban J connectivity index is 3.35. The lowest BCUT2D eigenvalue weighted by atomic mass is 10.1. The van der Waals surface area contributed by atoms with Crippen LogP contribution in [0, 0.1) is 23.0 Å². The number of nitrogens with zero attached hydrogens (tertiary/aromatic N) is 4. The highest BCUT2D eigenvalue weighted by Crippen LogP contribution is 2.34. The molecular weight excluding hydrogens is 276 g/mol. The molecule has 8 heteroatoms. The Bertz CT molecular complexity index is 539. The molecular formula is C13H22N4O4. The SMILES string of the molecule is CCN(CC(C)C(=O)O)c1c([N+](=O)[O-])c(C)nn1C(C)C. The van der Waals surface area contributed by atoms with Gasteiger partial charge in [0.1, 0.15) is 5.69 Å². The van der Waals surface area contributed by atoms with Crippen molar-refractivity contribution in [3.05, 3.63) is 15.8 Å². The van der Waals surface area contributed by atoms with Gasteiger partial charge in [0.2, 0.25) is 5.82 Å². The van der Waals surface area contributed by atoms with Crippen molar-refractivity contribution in [2.24, 2.45) is 5.92 Å². The van der Waals surface area contributed by atoms with Gasteiger partial charge >= 0.3 is 11.7 Å². The summed E-state index contributed by atoms with van der Waals surface area (Å²) in [6, 6.07) is -0.0541. The van der Waals surface area contributed by atoms with Crippen molar-refractivity contribution >= 4 is 17.5 Å². The number of aliphatic carboxylic acids is 1. The summed E-state index contributed by atoms with van der Waals surface area (Å²) in [7, 11) is 0. The summed E-state index contributed by atoms with van der Waals surface area (Å²) in [6.07, 6.45) is 0. The molecule has 0 aromatic carbocycles. The van der Waals surface area contributed by atoms with Crippen molar-refractivity contribution in [3.63, 3.8) is 0 Å². The quantitative estimate of drug-likeness (QED) is 0.611. The lowest BCUT2D eigenvalue weighted by Crippen LogP contribution is -2.34. The van der Waals surface area contributed by atoms with Gasteiger partial charge in [-0.1, -0.05) is 6.92 Å². The smallest absolute Gasteiger partial charge is 0.333 e. The molecule has 0 aliphatic heterocycles. The van der Waals surface area contributed by atoms with Crippen molar-refractivity contribution < 1.29 is 14.8 Å². The summed E-state index contributed by atoms with van der Waals surface area (Å²) in [5.74, 6) is -1.17. The lowest BCUT2D eigenvalue weighted by molar-refractivity contribution is -0.384. The molecule has 1 aromatic heterocycles. The van der Waals surface area contributed by atoms with Crippen LogP contribution in [0.5, 0.6) is 0 Å². The molecule has 1 unspecified atom stereocenters. The number of carboxylic acid groups (broad SMARTS) is 1. The maximum Gasteiger partial charge on any atom is 0.333 e. The molecule has 0 radical (unpaired) electrons. The van der Waals surface area contributed by atoms with E-state index in [0.29, 0.717) is 18.1 Å². The molecule has 0 saturated carbocycles. The van der Waals surface area contributed by atoms with Gasteiger partial charge < -0.3 is 10.0 Å². The zero-order valence-corrected chi connectivity index (χ0v) is 13.0. The molecule has 0 aliphatic carbocycles. The van der Waals surface area contributed by atoms with Crippen LogP contribution in [0.2, 0.25) is 0 Å². The topological polar surface area (TPSA) is 102 Å². The number of hydrogen-bond acceptors (Lipinski definition) is 5. The highest BCUT2D eigenvalue weighted by Gasteiger charge is 2.31. The second-order valence-electron chi connectivity index (χ2n) is 5.33. The predicted molar refractivity (Wildman–Crippen MR) is 78.7 cm³/mol. The maximum absolute atomic E-state index is 11.3. The Labute approximate surface area is 123 Å². The number of hydrogen-bond donors (Lipinski definition) is 1. The minimum atomic E-state index is -0.927. The number of aromatic nitrogens is 2. The van der Waals surface area contributed by atoms with E-state index in [0.717, 1.165) is 0 Å². The first-order valence-corrected chi connectivity index (χ1v) is 6.91. The van der Waals surface area contributed by atoms with Gasteiger partial charge in [0, 0.05) is 19.1 Å². The number of nitro groups is 1. The summed E-state index contributed by atoms with van der Waals surface area (Å²) in [4.78, 5) is 23.6. The molecule has 1 rings (SSSR count). The van der Waals surface area contributed by atoms with E-state index in [4.69, 9.17) is 5.11 Å². The Morgan fingerprint density at radius 3 is 2.43 bits per heavy atom. The van der Waals surface area contributed by atoms with Gasteiger partial charge in [-0.15, -0.1) is 0 Å². The number of anilines is 1. The fraction of sp³-hybridized carbons (Fsp3) is 0.692. The van der Waals surface area contributed by atoms with Crippen molar-refractivity contribution in [2.75, 3.05) is 18.0 Å². The van der Waals surface area contributed by atoms with Crippen LogP contribution in [0.25, 0.3) is 0 Å². The fourth-order valence-electron chi connectivity index (χ4n) is 2.17. The maximum atomic E-state index is 11.3. The van der Waals surface area contributed by atoms with Crippen LogP contribution in [0.3, 0.4) is 0 Å². The molecule has 0 fully saturated rings. The van der Waals surface area contributed by atoms with Crippen molar-refractivity contribution in [2.45, 2.75) is 40.7 Å². The number of carboxylic acids is 1. The minimum Gasteiger partial charge on any atom is -0.481 e. The molecule has 118 valence electrons. The van der Waals surface area contributed by atoms with Crippen molar-refractivity contribution in [3.8, 4) is 0 Å². The zero-order valence-electron chi connectivity index (χ0n) is 13.0. The number of rotatable bonds is 7. The van der Waals surface area contributed by atoms with E-state index in [9.17, 15) is 14.9 Å². The minimum absolute atomic E-state index is 0.0526. The van der Waals surface area contributed by atoms with Crippen LogP contribution >= 0.6 is 0 Å². The third-order valence-corrected chi connectivity index (χ3v) is 3.30. The van der Waals surface area contributed by atoms with E-state index >= 15 is 0 Å². The molecule has 0 aliphatic rings. The second kappa shape index (κ2) is 6.55. The molecule has 0 spiro atoms. The van der Waals surface area contributed by atoms with Gasteiger partial charge in [-0.2, -0.15) is 5.10 Å². The van der Waals surface area contributed by atoms with Gasteiger partial charge in [0.05, 0.1) is 10.8 Å². The largest absolute Gasteiger partial charge is 0.481 e. The van der Waals surface area contributed by atoms with E-state index in [1.807, 2.05) is 20.8 Å². The normalized spacial score (nSPS) is 12.5. The third kappa shape index (κ3) is 3.50. The average molecular weight is 298 g/mol. The van der Waals surface area contributed by atoms with E-state index < -0.39 is 16.8 Å². The summed E-state index contributed by atoms with van der Waals surface area (Å²) >= 11 is 0. The first kappa shape index (κ1) is 16.9. The van der Waals surface area contributed by atoms with Crippen LogP contribution in [0.1, 0.15) is 39.4 Å². The molecule has 0 bridgehead atoms. The number of carbonyl (C=O) groups is 1. The highest BCUT2D eigenvalue weighted by atomic mass is 16.6. The molecule has 8 nitrogen and oxygen atoms in total. The average Bonchev–Trinajstić information content (AvgIpc) is 2.73. The summed E-state index contributed by atoms with van der Waals surface area (Å²) in [5.41, 5.74) is 0.285. The second-order valence-corrected chi connectivity index (χ2v) is 5.33. The first-order valence-electron chi connectivity index (χ1n) is 6.91. The Kier molecular flexibility index (Phi) is 5.28. The lowest BCUT2D eigenvalue weighted by Gasteiger charge is -2.25. The Morgan fingerprint density at radius 2 is 2.05 bits per heavy atom. The monoisotopic (exact) mass is 298 g/mol. The van der Waals surface area contributed by atoms with Gasteiger partial charge in [0.15, 0.2) is 0 Å². The molecule has 0 amide bonds. The van der Waals surface area contributed by atoms with Crippen LogP contribution in [-0.4, -0.2) is 38.9 Å². The first-order chi connectivity index (χ1) is 9.70. The molecule has 1 N–H and O–H groups in total. The van der Waals surface area contributed by atoms with Crippen molar-refractivity contribution in [1.82, 2.24) is 9.78 Å². The number of aryl methyl sites for hydroxylation is 1. The van der Waals surface area contributed by atoms with Gasteiger partial charge in [0.25, 0.3) is 0 Å². The van der Waals surface area contributed by atoms with Crippen LogP contribution in [0.4, 0.5) is 11.5 Å². The van der Waals surface area contributed by atoms with Gasteiger partial charge in [-0.25, -0.2) is 4.68 Å². The summed E-state index contributed by atoms with van der Waals surface area (Å²) < 4.78 is 1.59. The van der Waals surface area contributed by atoms with Crippen LogP contribution < -0.4 is 4.90 Å². The zero-order chi connectivity index (χ0) is 16.3. The molecule has 1 heterocycles. The van der Waals surface area contributed by atoms with Gasteiger partial charge in [-0.3, -0.25) is 14.9 Å². The molecule has 1 aromatic rings. The standard InChI is InChI=1S/C13H22N4O4/c1-6-15(7-9(4)13(18)19)12-11(17(20)21)10(5)14-16(12)8(2)3/h8-9H,6-7H2,1-5H3,(H,18,19). The Morgan fingerprint density at radius 1 is 1.48 bits per heavy atom.